The van der Waals surface area contributed by atoms with Crippen molar-refractivity contribution in [3.63, 3.8) is 0 Å². The number of para-hydroxylation sites is 1. The van der Waals surface area contributed by atoms with Crippen LogP contribution in [0.4, 0.5) is 19.3 Å². The molecule has 1 aliphatic rings. The van der Waals surface area contributed by atoms with Crippen LogP contribution in [0.3, 0.4) is 0 Å². The fourth-order valence-electron chi connectivity index (χ4n) is 1.51. The number of carbonyl (C=O) groups excluding carboxylic acids is 1. The van der Waals surface area contributed by atoms with E-state index in [1.807, 2.05) is 0 Å². The Balaban J connectivity index is 2.51. The monoisotopic (exact) mass is 262 g/mol. The summed E-state index contributed by atoms with van der Waals surface area (Å²) in [5, 5.41) is 2.25. The fraction of sp³-hybridized carbons (Fsp3) is 0.222. The molecular formula is C9H8F2N2O3S. The van der Waals surface area contributed by atoms with E-state index in [4.69, 9.17) is 0 Å². The minimum absolute atomic E-state index is 0.100. The van der Waals surface area contributed by atoms with E-state index in [1.165, 1.54) is 24.3 Å². The van der Waals surface area contributed by atoms with Crippen molar-refractivity contribution < 1.29 is 22.0 Å². The largest absolute Gasteiger partial charge is 0.336 e. The molecule has 0 saturated heterocycles. The quantitative estimate of drug-likeness (QED) is 0.878. The number of urea groups is 1. The molecule has 1 heterocycles. The third kappa shape index (κ3) is 1.95. The first kappa shape index (κ1) is 11.8. The number of rotatable bonds is 2. The Morgan fingerprint density at radius 1 is 1.29 bits per heavy atom. The highest BCUT2D eigenvalue weighted by molar-refractivity contribution is 7.90. The van der Waals surface area contributed by atoms with Crippen molar-refractivity contribution in [2.75, 3.05) is 11.9 Å². The van der Waals surface area contributed by atoms with E-state index in [-0.39, 0.29) is 14.9 Å². The molecule has 1 aliphatic heterocycles. The summed E-state index contributed by atoms with van der Waals surface area (Å²) in [5.74, 6) is 0. The first-order valence-electron chi connectivity index (χ1n) is 4.64. The van der Waals surface area contributed by atoms with E-state index >= 15 is 0 Å². The zero-order valence-corrected chi connectivity index (χ0v) is 9.25. The van der Waals surface area contributed by atoms with Crippen LogP contribution in [0.2, 0.25) is 0 Å². The SMILES string of the molecule is O=C1Nc2ccccc2S(=O)(=O)N1CC(F)F. The Bertz CT molecular complexity index is 559. The number of benzene rings is 1. The zero-order chi connectivity index (χ0) is 12.6. The molecule has 1 N–H and O–H groups in total. The number of fused-ring (bicyclic) bond motifs is 1. The molecule has 1 aromatic carbocycles. The van der Waals surface area contributed by atoms with Crippen molar-refractivity contribution >= 4 is 21.7 Å². The van der Waals surface area contributed by atoms with Crippen molar-refractivity contribution in [2.45, 2.75) is 11.3 Å². The zero-order valence-electron chi connectivity index (χ0n) is 8.43. The minimum Gasteiger partial charge on any atom is -0.306 e. The summed E-state index contributed by atoms with van der Waals surface area (Å²) in [6, 6.07) is 4.57. The third-order valence-corrected chi connectivity index (χ3v) is 4.03. The molecule has 0 atom stereocenters. The topological polar surface area (TPSA) is 66.5 Å². The molecule has 0 bridgehead atoms. The molecule has 0 fully saturated rings. The van der Waals surface area contributed by atoms with E-state index in [0.717, 1.165) is 0 Å². The summed E-state index contributed by atoms with van der Waals surface area (Å²) in [4.78, 5) is 11.2. The summed E-state index contributed by atoms with van der Waals surface area (Å²) in [6.45, 7) is -1.15. The van der Waals surface area contributed by atoms with Crippen LogP contribution in [0.1, 0.15) is 0 Å². The Morgan fingerprint density at radius 2 is 1.94 bits per heavy atom. The van der Waals surface area contributed by atoms with Crippen LogP contribution in [-0.4, -0.2) is 31.7 Å². The second-order valence-electron chi connectivity index (χ2n) is 3.35. The summed E-state index contributed by atoms with van der Waals surface area (Å²) in [7, 11) is -4.19. The van der Waals surface area contributed by atoms with Crippen molar-refractivity contribution in [2.24, 2.45) is 0 Å². The molecule has 92 valence electrons. The lowest BCUT2D eigenvalue weighted by molar-refractivity contribution is 0.125. The van der Waals surface area contributed by atoms with E-state index in [1.54, 1.807) is 0 Å². The number of hydrogen-bond acceptors (Lipinski definition) is 3. The van der Waals surface area contributed by atoms with Crippen molar-refractivity contribution in [1.29, 1.82) is 0 Å². The van der Waals surface area contributed by atoms with Crippen molar-refractivity contribution in [1.82, 2.24) is 4.31 Å². The Kier molecular flexibility index (Phi) is 2.74. The molecule has 0 aromatic heterocycles. The number of nitrogens with zero attached hydrogens (tertiary/aromatic N) is 1. The van der Waals surface area contributed by atoms with Gasteiger partial charge in [0.15, 0.2) is 0 Å². The highest BCUT2D eigenvalue weighted by atomic mass is 32.2. The maximum atomic E-state index is 12.2. The van der Waals surface area contributed by atoms with Gasteiger partial charge >= 0.3 is 6.03 Å². The van der Waals surface area contributed by atoms with Gasteiger partial charge in [-0.15, -0.1) is 0 Å². The molecule has 5 nitrogen and oxygen atoms in total. The molecule has 17 heavy (non-hydrogen) atoms. The number of carbonyl (C=O) groups is 1. The fourth-order valence-corrected chi connectivity index (χ4v) is 2.96. The minimum atomic E-state index is -4.19. The van der Waals surface area contributed by atoms with Gasteiger partial charge in [0.25, 0.3) is 16.4 Å². The summed E-state index contributed by atoms with van der Waals surface area (Å²) in [6.07, 6.45) is -2.92. The van der Waals surface area contributed by atoms with Crippen LogP contribution < -0.4 is 5.32 Å². The average Bonchev–Trinajstić information content (AvgIpc) is 2.24. The molecule has 1 aromatic rings. The van der Waals surface area contributed by atoms with Crippen molar-refractivity contribution in [3.8, 4) is 0 Å². The molecule has 0 radical (unpaired) electrons. The summed E-state index contributed by atoms with van der Waals surface area (Å²) < 4.78 is 48.4. The normalized spacial score (nSPS) is 17.8. The molecule has 0 spiro atoms. The van der Waals surface area contributed by atoms with E-state index in [2.05, 4.69) is 5.32 Å². The van der Waals surface area contributed by atoms with Gasteiger partial charge in [-0.1, -0.05) is 12.1 Å². The summed E-state index contributed by atoms with van der Waals surface area (Å²) >= 11 is 0. The van der Waals surface area contributed by atoms with Gasteiger partial charge in [-0.2, -0.15) is 0 Å². The Labute approximate surface area is 96.1 Å². The summed E-state index contributed by atoms with van der Waals surface area (Å²) in [5.41, 5.74) is 0.100. The standard InChI is InChI=1S/C9H8F2N2O3S/c10-8(11)5-13-9(14)12-6-3-1-2-4-7(6)17(13,15)16/h1-4,8H,5H2,(H,12,14). The van der Waals surface area contributed by atoms with E-state index in [9.17, 15) is 22.0 Å². The average molecular weight is 262 g/mol. The van der Waals surface area contributed by atoms with Crippen molar-refractivity contribution in [3.05, 3.63) is 24.3 Å². The van der Waals surface area contributed by atoms with Gasteiger partial charge in [0.2, 0.25) is 0 Å². The Hall–Kier alpha value is -1.70. The van der Waals surface area contributed by atoms with Crippen LogP contribution >= 0.6 is 0 Å². The molecule has 2 amide bonds. The second-order valence-corrected chi connectivity index (χ2v) is 5.18. The third-order valence-electron chi connectivity index (χ3n) is 2.23. The van der Waals surface area contributed by atoms with Crippen LogP contribution in [-0.2, 0) is 10.0 Å². The lowest BCUT2D eigenvalue weighted by Crippen LogP contribution is -2.46. The van der Waals surface area contributed by atoms with Crippen LogP contribution in [0.5, 0.6) is 0 Å². The van der Waals surface area contributed by atoms with Gasteiger partial charge in [0, 0.05) is 0 Å². The molecule has 0 aliphatic carbocycles. The first-order chi connectivity index (χ1) is 7.93. The van der Waals surface area contributed by atoms with Gasteiger partial charge in [0.05, 0.1) is 12.2 Å². The molecular weight excluding hydrogens is 254 g/mol. The van der Waals surface area contributed by atoms with Crippen LogP contribution in [0, 0.1) is 0 Å². The number of halogens is 2. The maximum Gasteiger partial charge on any atom is 0.336 e. The first-order valence-corrected chi connectivity index (χ1v) is 6.08. The predicted molar refractivity (Wildman–Crippen MR) is 55.4 cm³/mol. The maximum absolute atomic E-state index is 12.2. The number of sulfonamides is 1. The van der Waals surface area contributed by atoms with Gasteiger partial charge in [-0.05, 0) is 12.1 Å². The van der Waals surface area contributed by atoms with E-state index < -0.39 is 29.0 Å². The number of anilines is 1. The molecule has 0 saturated carbocycles. The van der Waals surface area contributed by atoms with Crippen LogP contribution in [0.25, 0.3) is 0 Å². The number of amides is 2. The van der Waals surface area contributed by atoms with Crippen LogP contribution in [0.15, 0.2) is 29.2 Å². The molecule has 8 heteroatoms. The highest BCUT2D eigenvalue weighted by Gasteiger charge is 2.37. The van der Waals surface area contributed by atoms with Gasteiger partial charge < -0.3 is 5.32 Å². The Morgan fingerprint density at radius 3 is 2.59 bits per heavy atom. The predicted octanol–water partition coefficient (Wildman–Crippen LogP) is 1.49. The van der Waals surface area contributed by atoms with Gasteiger partial charge in [0.1, 0.15) is 4.90 Å². The smallest absolute Gasteiger partial charge is 0.306 e. The lowest BCUT2D eigenvalue weighted by atomic mass is 10.3. The molecule has 2 rings (SSSR count). The number of hydrogen-bond donors (Lipinski definition) is 1. The lowest BCUT2D eigenvalue weighted by Gasteiger charge is -2.28. The second kappa shape index (κ2) is 3.95. The molecule has 0 unspecified atom stereocenters. The van der Waals surface area contributed by atoms with E-state index in [0.29, 0.717) is 0 Å². The highest BCUT2D eigenvalue weighted by Crippen LogP contribution is 2.29. The van der Waals surface area contributed by atoms with Gasteiger partial charge in [-0.3, -0.25) is 0 Å². The number of alkyl halides is 2. The number of nitrogens with one attached hydrogen (secondary N) is 1. The van der Waals surface area contributed by atoms with Gasteiger partial charge in [-0.25, -0.2) is 26.3 Å².